The summed E-state index contributed by atoms with van der Waals surface area (Å²) in [5.41, 5.74) is -1.18. The highest BCUT2D eigenvalue weighted by Gasteiger charge is 2.54. The van der Waals surface area contributed by atoms with Gasteiger partial charge in [-0.15, -0.1) is 0 Å². The highest BCUT2D eigenvalue weighted by atomic mass is 16.5. The minimum absolute atomic E-state index is 0.122. The lowest BCUT2D eigenvalue weighted by Gasteiger charge is -2.38. The van der Waals surface area contributed by atoms with Gasteiger partial charge in [0.05, 0.1) is 13.7 Å². The van der Waals surface area contributed by atoms with Crippen LogP contribution in [0, 0.1) is 0 Å². The fraction of sp³-hybridized carbons (Fsp3) is 0.360. The molecule has 0 aliphatic carbocycles. The Morgan fingerprint density at radius 2 is 1.60 bits per heavy atom. The van der Waals surface area contributed by atoms with E-state index in [-0.39, 0.29) is 38.2 Å². The van der Waals surface area contributed by atoms with E-state index < -0.39 is 29.5 Å². The second kappa shape index (κ2) is 13.7. The molecule has 0 saturated carbocycles. The van der Waals surface area contributed by atoms with Crippen LogP contribution in [0.5, 0.6) is 0 Å². The van der Waals surface area contributed by atoms with Crippen molar-refractivity contribution in [2.24, 2.45) is 0 Å². The predicted octanol–water partition coefficient (Wildman–Crippen LogP) is 2.33. The first-order valence-corrected chi connectivity index (χ1v) is 11.2. The molecular weight excluding hydrogens is 454 g/mol. The highest BCUT2D eigenvalue weighted by Crippen LogP contribution is 2.31. The number of carbonyl (C=O) groups is 4. The largest absolute Gasteiger partial charge is 0.479 e. The van der Waals surface area contributed by atoms with Crippen molar-refractivity contribution in [1.29, 1.82) is 0 Å². The number of hydrogen-bond donors (Lipinski definition) is 3. The van der Waals surface area contributed by atoms with Gasteiger partial charge < -0.3 is 25.2 Å². The first-order chi connectivity index (χ1) is 16.9. The molecule has 0 bridgehead atoms. The lowest BCUT2D eigenvalue weighted by Crippen LogP contribution is -2.64. The minimum Gasteiger partial charge on any atom is -0.479 e. The Morgan fingerprint density at radius 3 is 2.17 bits per heavy atom. The van der Waals surface area contributed by atoms with Crippen molar-refractivity contribution in [3.05, 3.63) is 66.2 Å². The Labute approximate surface area is 204 Å². The summed E-state index contributed by atoms with van der Waals surface area (Å²) in [6.07, 6.45) is -0.284. The summed E-state index contributed by atoms with van der Waals surface area (Å²) >= 11 is 0. The van der Waals surface area contributed by atoms with Gasteiger partial charge in [-0.1, -0.05) is 48.5 Å². The van der Waals surface area contributed by atoms with Crippen molar-refractivity contribution in [2.75, 3.05) is 32.1 Å². The maximum Gasteiger partial charge on any atom is 0.407 e. The second-order valence-electron chi connectivity index (χ2n) is 7.70. The monoisotopic (exact) mass is 485 g/mol. The molecule has 0 spiro atoms. The van der Waals surface area contributed by atoms with E-state index in [2.05, 4.69) is 10.6 Å². The van der Waals surface area contributed by atoms with Crippen molar-refractivity contribution >= 4 is 29.6 Å². The zero-order valence-corrected chi connectivity index (χ0v) is 19.9. The van der Waals surface area contributed by atoms with E-state index in [1.165, 1.54) is 0 Å². The van der Waals surface area contributed by atoms with E-state index in [1.54, 1.807) is 37.4 Å². The van der Waals surface area contributed by atoms with Crippen molar-refractivity contribution < 1.29 is 33.8 Å². The Kier molecular flexibility index (Phi) is 10.7. The number of carboxylic acids is 1. The van der Waals surface area contributed by atoms with E-state index in [4.69, 9.17) is 9.47 Å². The third-order valence-electron chi connectivity index (χ3n) is 5.30. The van der Waals surface area contributed by atoms with Crippen molar-refractivity contribution in [3.63, 3.8) is 0 Å². The van der Waals surface area contributed by atoms with E-state index in [9.17, 15) is 24.3 Å². The molecule has 0 aromatic heterocycles. The van der Waals surface area contributed by atoms with E-state index in [0.29, 0.717) is 6.42 Å². The van der Waals surface area contributed by atoms with Crippen LogP contribution in [-0.4, -0.2) is 61.8 Å². The fourth-order valence-electron chi connectivity index (χ4n) is 3.62. The molecule has 35 heavy (non-hydrogen) atoms. The van der Waals surface area contributed by atoms with Gasteiger partial charge >= 0.3 is 18.0 Å². The molecule has 188 valence electrons. The van der Waals surface area contributed by atoms with Crippen LogP contribution in [0.25, 0.3) is 0 Å². The first kappa shape index (κ1) is 27.3. The number of anilines is 1. The van der Waals surface area contributed by atoms with Crippen LogP contribution in [0.2, 0.25) is 0 Å². The van der Waals surface area contributed by atoms with Crippen molar-refractivity contribution in [1.82, 2.24) is 10.6 Å². The minimum atomic E-state index is -2.28. The molecule has 0 heterocycles. The molecular formula is C25H31N3O7. The standard InChI is InChI=1S/C25H31N3O7/c1-26-17-21(29)28(20-13-7-4-8-14-20)25(22(30)31,23(32)34-2)15-9-10-16-27-24(33)35-18-19-11-5-3-6-12-19/h3-8,11-14,26H,9-10,15-18H2,1-2H3,(H,27,33)(H,30,31)/t25-/m0/s1. The Hall–Kier alpha value is -3.92. The van der Waals surface area contributed by atoms with Gasteiger partial charge in [0.25, 0.3) is 0 Å². The highest BCUT2D eigenvalue weighted by molar-refractivity contribution is 6.15. The number of nitrogens with one attached hydrogen (secondary N) is 2. The maximum atomic E-state index is 13.0. The van der Waals surface area contributed by atoms with Crippen LogP contribution in [0.15, 0.2) is 60.7 Å². The summed E-state index contributed by atoms with van der Waals surface area (Å²) in [7, 11) is 2.63. The number of esters is 1. The Bertz CT molecular complexity index is 985. The molecule has 3 N–H and O–H groups in total. The third kappa shape index (κ3) is 7.28. The van der Waals surface area contributed by atoms with Crippen LogP contribution in [0.3, 0.4) is 0 Å². The van der Waals surface area contributed by atoms with Crippen LogP contribution in [0.4, 0.5) is 10.5 Å². The van der Waals surface area contributed by atoms with Crippen LogP contribution < -0.4 is 15.5 Å². The number of carboxylic acid groups (broad SMARTS) is 1. The number of rotatable bonds is 13. The zero-order valence-electron chi connectivity index (χ0n) is 19.9. The number of carbonyl (C=O) groups excluding carboxylic acids is 3. The summed E-state index contributed by atoms with van der Waals surface area (Å²) in [4.78, 5) is 51.3. The summed E-state index contributed by atoms with van der Waals surface area (Å²) in [5, 5.41) is 15.5. The average molecular weight is 486 g/mol. The van der Waals surface area contributed by atoms with Gasteiger partial charge in [0.15, 0.2) is 0 Å². The fourth-order valence-corrected chi connectivity index (χ4v) is 3.62. The van der Waals surface area contributed by atoms with Gasteiger partial charge in [0.1, 0.15) is 6.61 Å². The average Bonchev–Trinajstić information content (AvgIpc) is 2.87. The lowest BCUT2D eigenvalue weighted by atomic mass is 9.89. The van der Waals surface area contributed by atoms with Crippen molar-refractivity contribution in [2.45, 2.75) is 31.4 Å². The van der Waals surface area contributed by atoms with E-state index in [0.717, 1.165) is 17.6 Å². The third-order valence-corrected chi connectivity index (χ3v) is 5.30. The molecule has 10 heteroatoms. The number of amides is 2. The van der Waals surface area contributed by atoms with Crippen LogP contribution in [0.1, 0.15) is 24.8 Å². The van der Waals surface area contributed by atoms with Gasteiger partial charge in [-0.05, 0) is 44.0 Å². The maximum absolute atomic E-state index is 13.0. The summed E-state index contributed by atoms with van der Waals surface area (Å²) in [6, 6.07) is 17.3. The molecule has 0 radical (unpaired) electrons. The van der Waals surface area contributed by atoms with Gasteiger partial charge in [-0.25, -0.2) is 14.4 Å². The van der Waals surface area contributed by atoms with E-state index >= 15 is 0 Å². The second-order valence-corrected chi connectivity index (χ2v) is 7.70. The van der Waals surface area contributed by atoms with Crippen molar-refractivity contribution in [3.8, 4) is 0 Å². The predicted molar refractivity (Wildman–Crippen MR) is 129 cm³/mol. The molecule has 2 amide bonds. The number of hydrogen-bond acceptors (Lipinski definition) is 7. The van der Waals surface area contributed by atoms with E-state index in [1.807, 2.05) is 30.3 Å². The normalized spacial score (nSPS) is 12.2. The molecule has 10 nitrogen and oxygen atoms in total. The summed E-state index contributed by atoms with van der Waals surface area (Å²) in [6.45, 7) is 0.132. The Morgan fingerprint density at radius 1 is 0.971 bits per heavy atom. The van der Waals surface area contributed by atoms with Crippen LogP contribution >= 0.6 is 0 Å². The number of likely N-dealkylation sites (N-methyl/N-ethyl adjacent to an activating group) is 1. The Balaban J connectivity index is 2.09. The molecule has 0 fully saturated rings. The number of aliphatic carboxylic acids is 1. The zero-order chi connectivity index (χ0) is 25.7. The smallest absolute Gasteiger partial charge is 0.407 e. The lowest BCUT2D eigenvalue weighted by molar-refractivity contribution is -0.161. The molecule has 1 atom stereocenters. The molecule has 2 aromatic carbocycles. The van der Waals surface area contributed by atoms with Gasteiger partial charge in [0, 0.05) is 12.2 Å². The SMILES string of the molecule is CNCC(=O)N(c1ccccc1)[C@@](CCCCNC(=O)OCc1ccccc1)(C(=O)O)C(=O)OC. The number of alkyl carbamates (subject to hydrolysis) is 1. The number of methoxy groups -OCH3 is 1. The van der Waals surface area contributed by atoms with Gasteiger partial charge in [-0.3, -0.25) is 9.69 Å². The quantitative estimate of drug-likeness (QED) is 0.224. The number of unbranched alkanes of at least 4 members (excludes halogenated alkanes) is 1. The number of benzene rings is 2. The molecule has 0 unspecified atom stereocenters. The molecule has 0 aliphatic rings. The molecule has 0 saturated heterocycles. The topological polar surface area (TPSA) is 134 Å². The number of nitrogens with zero attached hydrogens (tertiary/aromatic N) is 1. The summed E-state index contributed by atoms with van der Waals surface area (Å²) < 4.78 is 10.00. The molecule has 2 rings (SSSR count). The molecule has 2 aromatic rings. The van der Waals surface area contributed by atoms with Crippen LogP contribution in [-0.2, 0) is 30.5 Å². The first-order valence-electron chi connectivity index (χ1n) is 11.2. The van der Waals surface area contributed by atoms with Gasteiger partial charge in [-0.2, -0.15) is 0 Å². The van der Waals surface area contributed by atoms with Gasteiger partial charge in [0.2, 0.25) is 11.4 Å². The number of ether oxygens (including phenoxy) is 2. The summed E-state index contributed by atoms with van der Waals surface area (Å²) in [5.74, 6) is -3.17. The number of para-hydroxylation sites is 1. The molecule has 0 aliphatic heterocycles.